The summed E-state index contributed by atoms with van der Waals surface area (Å²) in [7, 11) is 0. The molecule has 22 heavy (non-hydrogen) atoms. The number of nitrogen functional groups attached to an aromatic ring is 1. The molecule has 4 heteroatoms. The van der Waals surface area contributed by atoms with E-state index in [-0.39, 0.29) is 7.43 Å². The maximum atomic E-state index is 5.98. The Morgan fingerprint density at radius 3 is 2.50 bits per heavy atom. The highest BCUT2D eigenvalue weighted by atomic mass is 35.5. The Morgan fingerprint density at radius 1 is 1.32 bits per heavy atom. The molecular formula is C18H30ClN3. The Labute approximate surface area is 140 Å². The molecule has 0 saturated heterocycles. The SMILES string of the molecule is C.CC.CCC.Nc1cnn(C2CCc3cc(Cl)ccc32)c1. The molecule has 1 atom stereocenters. The molecule has 3 nitrogen and oxygen atoms in total. The molecular weight excluding hydrogens is 294 g/mol. The minimum absolute atomic E-state index is 0. The maximum absolute atomic E-state index is 5.98. The van der Waals surface area contributed by atoms with Crippen molar-refractivity contribution in [2.75, 3.05) is 5.73 Å². The first-order valence-electron chi connectivity index (χ1n) is 7.73. The van der Waals surface area contributed by atoms with Crippen LogP contribution in [0.25, 0.3) is 0 Å². The molecule has 0 radical (unpaired) electrons. The molecule has 124 valence electrons. The number of anilines is 1. The first-order valence-corrected chi connectivity index (χ1v) is 8.11. The van der Waals surface area contributed by atoms with Crippen molar-refractivity contribution in [2.24, 2.45) is 0 Å². The van der Waals surface area contributed by atoms with Gasteiger partial charge in [-0.05, 0) is 36.1 Å². The lowest BCUT2D eigenvalue weighted by Gasteiger charge is -2.11. The summed E-state index contributed by atoms with van der Waals surface area (Å²) in [6.45, 7) is 8.25. The summed E-state index contributed by atoms with van der Waals surface area (Å²) in [6, 6.07) is 6.38. The second-order valence-electron chi connectivity index (χ2n) is 4.86. The molecule has 1 aromatic carbocycles. The van der Waals surface area contributed by atoms with Crippen molar-refractivity contribution in [3.05, 3.63) is 46.7 Å². The monoisotopic (exact) mass is 323 g/mol. The van der Waals surface area contributed by atoms with E-state index in [0.29, 0.717) is 11.7 Å². The highest BCUT2D eigenvalue weighted by Gasteiger charge is 2.24. The van der Waals surface area contributed by atoms with E-state index in [1.807, 2.05) is 36.9 Å². The van der Waals surface area contributed by atoms with Gasteiger partial charge in [0.05, 0.1) is 17.9 Å². The van der Waals surface area contributed by atoms with Crippen LogP contribution in [0.5, 0.6) is 0 Å². The molecule has 2 aromatic rings. The molecule has 1 aliphatic rings. The van der Waals surface area contributed by atoms with Crippen LogP contribution in [-0.4, -0.2) is 9.78 Å². The fourth-order valence-corrected chi connectivity index (χ4v) is 2.56. The van der Waals surface area contributed by atoms with Gasteiger partial charge >= 0.3 is 0 Å². The number of nitrogens with zero attached hydrogens (tertiary/aromatic N) is 2. The lowest BCUT2D eigenvalue weighted by atomic mass is 10.1. The summed E-state index contributed by atoms with van der Waals surface area (Å²) in [5.74, 6) is 0. The van der Waals surface area contributed by atoms with Crippen LogP contribution in [0.2, 0.25) is 5.02 Å². The fourth-order valence-electron chi connectivity index (χ4n) is 2.36. The number of fused-ring (bicyclic) bond motifs is 1. The summed E-state index contributed by atoms with van der Waals surface area (Å²) in [5.41, 5.74) is 9.03. The third kappa shape index (κ3) is 5.06. The second-order valence-corrected chi connectivity index (χ2v) is 5.29. The van der Waals surface area contributed by atoms with E-state index in [1.54, 1.807) is 6.20 Å². The summed E-state index contributed by atoms with van der Waals surface area (Å²) < 4.78 is 1.94. The van der Waals surface area contributed by atoms with Crippen LogP contribution in [-0.2, 0) is 6.42 Å². The van der Waals surface area contributed by atoms with E-state index in [2.05, 4.69) is 25.0 Å². The molecule has 1 unspecified atom stereocenters. The van der Waals surface area contributed by atoms with Gasteiger partial charge in [-0.25, -0.2) is 0 Å². The molecule has 2 N–H and O–H groups in total. The number of benzene rings is 1. The van der Waals surface area contributed by atoms with Crippen molar-refractivity contribution in [1.82, 2.24) is 9.78 Å². The molecule has 0 amide bonds. The van der Waals surface area contributed by atoms with Gasteiger partial charge in [-0.2, -0.15) is 5.10 Å². The van der Waals surface area contributed by atoms with Crippen LogP contribution in [0.3, 0.4) is 0 Å². The fraction of sp³-hybridized carbons (Fsp3) is 0.500. The van der Waals surface area contributed by atoms with Gasteiger partial charge in [-0.15, -0.1) is 0 Å². The minimum Gasteiger partial charge on any atom is -0.396 e. The largest absolute Gasteiger partial charge is 0.396 e. The van der Waals surface area contributed by atoms with Crippen LogP contribution in [0.4, 0.5) is 5.69 Å². The van der Waals surface area contributed by atoms with Gasteiger partial charge in [-0.3, -0.25) is 4.68 Å². The van der Waals surface area contributed by atoms with E-state index < -0.39 is 0 Å². The number of aryl methyl sites for hydroxylation is 1. The zero-order valence-electron chi connectivity index (χ0n) is 13.4. The molecule has 1 heterocycles. The molecule has 1 aromatic heterocycles. The quantitative estimate of drug-likeness (QED) is 0.728. The first kappa shape index (κ1) is 20.5. The predicted molar refractivity (Wildman–Crippen MR) is 98.6 cm³/mol. The average Bonchev–Trinajstić information content (AvgIpc) is 3.07. The first-order chi connectivity index (χ1) is 10.2. The van der Waals surface area contributed by atoms with E-state index in [9.17, 15) is 0 Å². The van der Waals surface area contributed by atoms with E-state index in [0.717, 1.165) is 17.9 Å². The predicted octanol–water partition coefficient (Wildman–Crippen LogP) is 5.73. The number of rotatable bonds is 1. The van der Waals surface area contributed by atoms with E-state index in [4.69, 9.17) is 17.3 Å². The minimum atomic E-state index is 0. The van der Waals surface area contributed by atoms with Crippen LogP contribution < -0.4 is 5.73 Å². The van der Waals surface area contributed by atoms with Crippen LogP contribution in [0, 0.1) is 0 Å². The summed E-state index contributed by atoms with van der Waals surface area (Å²) in [5, 5.41) is 5.08. The third-order valence-corrected chi connectivity index (χ3v) is 3.33. The topological polar surface area (TPSA) is 43.8 Å². The molecule has 0 fully saturated rings. The summed E-state index contributed by atoms with van der Waals surface area (Å²) in [6.07, 6.45) is 6.94. The van der Waals surface area contributed by atoms with Gasteiger partial charge in [0, 0.05) is 11.2 Å². The molecule has 0 bridgehead atoms. The Morgan fingerprint density at radius 2 is 1.95 bits per heavy atom. The number of hydrogen-bond acceptors (Lipinski definition) is 2. The summed E-state index contributed by atoms with van der Waals surface area (Å²) >= 11 is 5.98. The normalized spacial score (nSPS) is 14.7. The highest BCUT2D eigenvalue weighted by Crippen LogP contribution is 2.35. The van der Waals surface area contributed by atoms with Crippen LogP contribution in [0.1, 0.15) is 65.1 Å². The van der Waals surface area contributed by atoms with Crippen molar-refractivity contribution < 1.29 is 0 Å². The number of hydrogen-bond donors (Lipinski definition) is 1. The second kappa shape index (κ2) is 10.3. The molecule has 0 saturated carbocycles. The maximum Gasteiger partial charge on any atom is 0.0775 e. The molecule has 0 spiro atoms. The Kier molecular flexibility index (Phi) is 9.59. The summed E-state index contributed by atoms with van der Waals surface area (Å²) in [4.78, 5) is 0. The zero-order valence-corrected chi connectivity index (χ0v) is 14.2. The molecule has 1 aliphatic carbocycles. The van der Waals surface area contributed by atoms with Gasteiger partial charge in [0.2, 0.25) is 0 Å². The number of halogens is 1. The smallest absolute Gasteiger partial charge is 0.0775 e. The standard InChI is InChI=1S/C12H12ClN3.C3H8.C2H6.CH4/c13-9-2-3-11-8(5-9)1-4-12(11)16-7-10(14)6-15-16;1-3-2;1-2;/h2-3,5-7,12H,1,4,14H2;3H2,1-2H3;1-2H3;1H4. The van der Waals surface area contributed by atoms with Crippen molar-refractivity contribution in [3.8, 4) is 0 Å². The van der Waals surface area contributed by atoms with Gasteiger partial charge in [-0.1, -0.05) is 59.2 Å². The third-order valence-electron chi connectivity index (χ3n) is 3.09. The van der Waals surface area contributed by atoms with Gasteiger partial charge in [0.25, 0.3) is 0 Å². The van der Waals surface area contributed by atoms with E-state index >= 15 is 0 Å². The van der Waals surface area contributed by atoms with Gasteiger partial charge in [0.15, 0.2) is 0 Å². The Balaban J connectivity index is 0.000000663. The average molecular weight is 324 g/mol. The Hall–Kier alpha value is -1.48. The molecule has 3 rings (SSSR count). The lowest BCUT2D eigenvalue weighted by molar-refractivity contribution is 0.520. The lowest BCUT2D eigenvalue weighted by Crippen LogP contribution is -2.07. The van der Waals surface area contributed by atoms with Gasteiger partial charge < -0.3 is 5.73 Å². The molecule has 0 aliphatic heterocycles. The van der Waals surface area contributed by atoms with E-state index in [1.165, 1.54) is 17.5 Å². The van der Waals surface area contributed by atoms with Crippen molar-refractivity contribution >= 4 is 17.3 Å². The van der Waals surface area contributed by atoms with Crippen LogP contribution >= 0.6 is 11.6 Å². The van der Waals surface area contributed by atoms with Crippen molar-refractivity contribution in [3.63, 3.8) is 0 Å². The Bertz CT molecular complexity index is 549. The van der Waals surface area contributed by atoms with Crippen LogP contribution in [0.15, 0.2) is 30.6 Å². The van der Waals surface area contributed by atoms with Crippen molar-refractivity contribution in [2.45, 2.75) is 60.4 Å². The van der Waals surface area contributed by atoms with Crippen molar-refractivity contribution in [1.29, 1.82) is 0 Å². The highest BCUT2D eigenvalue weighted by molar-refractivity contribution is 6.30. The number of aromatic nitrogens is 2. The number of nitrogens with two attached hydrogens (primary N) is 1. The van der Waals surface area contributed by atoms with Gasteiger partial charge in [0.1, 0.15) is 0 Å². The zero-order chi connectivity index (χ0) is 15.8.